The SMILES string of the molecule is C=CCOC(=O)c1sc(N2C(=O)C(=O)/C(=C(/O)c3ccc4c(c3)OCCO4)C2c2ccc(C)cc2)nc1C. The number of fused-ring (bicyclic) bond motifs is 1. The van der Waals surface area contributed by atoms with Crippen molar-refractivity contribution in [3.05, 3.63) is 88.0 Å². The summed E-state index contributed by atoms with van der Waals surface area (Å²) in [6.45, 7) is 7.86. The molecule has 5 rings (SSSR count). The molecule has 9 nitrogen and oxygen atoms in total. The normalized spacial score (nSPS) is 17.9. The fourth-order valence-electron chi connectivity index (χ4n) is 4.31. The second-order valence-electron chi connectivity index (χ2n) is 8.74. The van der Waals surface area contributed by atoms with Gasteiger partial charge in [-0.05, 0) is 37.6 Å². The molecule has 38 heavy (non-hydrogen) atoms. The molecule has 2 aliphatic heterocycles. The molecule has 0 bridgehead atoms. The summed E-state index contributed by atoms with van der Waals surface area (Å²) in [5, 5.41) is 11.5. The van der Waals surface area contributed by atoms with Crippen LogP contribution in [0, 0.1) is 13.8 Å². The number of rotatable bonds is 6. The average molecular weight is 533 g/mol. The molecule has 3 heterocycles. The molecule has 1 amide bonds. The first-order valence-electron chi connectivity index (χ1n) is 11.8. The number of aliphatic hydroxyl groups is 1. The number of hydrogen-bond acceptors (Lipinski definition) is 9. The van der Waals surface area contributed by atoms with Crippen LogP contribution in [0.25, 0.3) is 5.76 Å². The van der Waals surface area contributed by atoms with Gasteiger partial charge in [-0.3, -0.25) is 14.5 Å². The molecule has 3 aromatic rings. The van der Waals surface area contributed by atoms with E-state index in [1.54, 1.807) is 37.3 Å². The van der Waals surface area contributed by atoms with Gasteiger partial charge in [0.1, 0.15) is 30.5 Å². The van der Waals surface area contributed by atoms with E-state index in [1.807, 2.05) is 19.1 Å². The molecule has 2 aromatic carbocycles. The van der Waals surface area contributed by atoms with Gasteiger partial charge >= 0.3 is 11.9 Å². The maximum atomic E-state index is 13.4. The van der Waals surface area contributed by atoms with Crippen molar-refractivity contribution in [3.8, 4) is 11.5 Å². The van der Waals surface area contributed by atoms with Crippen molar-refractivity contribution in [3.63, 3.8) is 0 Å². The Morgan fingerprint density at radius 2 is 1.87 bits per heavy atom. The number of ketones is 1. The van der Waals surface area contributed by atoms with Gasteiger partial charge in [-0.2, -0.15) is 0 Å². The van der Waals surface area contributed by atoms with E-state index in [2.05, 4.69) is 11.6 Å². The molecule has 1 unspecified atom stereocenters. The lowest BCUT2D eigenvalue weighted by atomic mass is 9.94. The number of aliphatic hydroxyl groups excluding tert-OH is 1. The molecule has 10 heteroatoms. The topological polar surface area (TPSA) is 115 Å². The first kappa shape index (κ1) is 25.2. The van der Waals surface area contributed by atoms with Crippen LogP contribution < -0.4 is 14.4 Å². The number of aryl methyl sites for hydroxylation is 2. The van der Waals surface area contributed by atoms with Crippen molar-refractivity contribution in [2.24, 2.45) is 0 Å². The highest BCUT2D eigenvalue weighted by Crippen LogP contribution is 2.44. The Morgan fingerprint density at radius 1 is 1.16 bits per heavy atom. The lowest BCUT2D eigenvalue weighted by molar-refractivity contribution is -0.132. The smallest absolute Gasteiger partial charge is 0.350 e. The zero-order valence-corrected chi connectivity index (χ0v) is 21.5. The number of ether oxygens (including phenoxy) is 3. The predicted octanol–water partition coefficient (Wildman–Crippen LogP) is 4.50. The summed E-state index contributed by atoms with van der Waals surface area (Å²) >= 11 is 0.943. The quantitative estimate of drug-likeness (QED) is 0.162. The van der Waals surface area contributed by atoms with Gasteiger partial charge in [0.05, 0.1) is 17.3 Å². The molecule has 1 saturated heterocycles. The molecule has 1 N–H and O–H groups in total. The van der Waals surface area contributed by atoms with Crippen LogP contribution in [0.15, 0.2) is 60.7 Å². The fraction of sp³-hybridized carbons (Fsp3) is 0.214. The number of benzene rings is 2. The van der Waals surface area contributed by atoms with Gasteiger partial charge in [-0.25, -0.2) is 9.78 Å². The zero-order valence-electron chi connectivity index (χ0n) is 20.7. The van der Waals surface area contributed by atoms with Gasteiger partial charge < -0.3 is 19.3 Å². The van der Waals surface area contributed by atoms with E-state index in [1.165, 1.54) is 11.0 Å². The summed E-state index contributed by atoms with van der Waals surface area (Å²) < 4.78 is 16.3. The average Bonchev–Trinajstić information content (AvgIpc) is 3.43. The highest BCUT2D eigenvalue weighted by molar-refractivity contribution is 7.17. The van der Waals surface area contributed by atoms with E-state index in [9.17, 15) is 19.5 Å². The van der Waals surface area contributed by atoms with Crippen molar-refractivity contribution in [1.29, 1.82) is 0 Å². The molecule has 1 atom stereocenters. The molecule has 0 saturated carbocycles. The van der Waals surface area contributed by atoms with Crippen LogP contribution in [0.3, 0.4) is 0 Å². The largest absolute Gasteiger partial charge is 0.507 e. The molecule has 194 valence electrons. The van der Waals surface area contributed by atoms with Crippen LogP contribution in [-0.2, 0) is 14.3 Å². The van der Waals surface area contributed by atoms with Gasteiger partial charge in [-0.15, -0.1) is 0 Å². The van der Waals surface area contributed by atoms with Crippen molar-refractivity contribution < 1.29 is 33.7 Å². The summed E-state index contributed by atoms with van der Waals surface area (Å²) in [7, 11) is 0. The maximum Gasteiger partial charge on any atom is 0.350 e. The number of thiazole rings is 1. The molecule has 0 radical (unpaired) electrons. The Kier molecular flexibility index (Phi) is 6.73. The van der Waals surface area contributed by atoms with E-state index in [0.717, 1.165) is 16.9 Å². The summed E-state index contributed by atoms with van der Waals surface area (Å²) in [4.78, 5) is 45.2. The molecule has 0 aliphatic carbocycles. The monoisotopic (exact) mass is 532 g/mol. The van der Waals surface area contributed by atoms with E-state index < -0.39 is 23.7 Å². The van der Waals surface area contributed by atoms with E-state index in [4.69, 9.17) is 14.2 Å². The van der Waals surface area contributed by atoms with Crippen molar-refractivity contribution in [2.45, 2.75) is 19.9 Å². The predicted molar refractivity (Wildman–Crippen MR) is 141 cm³/mol. The third kappa shape index (κ3) is 4.43. The van der Waals surface area contributed by atoms with Gasteiger partial charge in [-0.1, -0.05) is 53.8 Å². The summed E-state index contributed by atoms with van der Waals surface area (Å²) in [6, 6.07) is 11.1. The fourth-order valence-corrected chi connectivity index (χ4v) is 5.30. The van der Waals surface area contributed by atoms with Crippen molar-refractivity contribution >= 4 is 39.9 Å². The van der Waals surface area contributed by atoms with E-state index >= 15 is 0 Å². The first-order valence-corrected chi connectivity index (χ1v) is 12.6. The number of esters is 1. The summed E-state index contributed by atoms with van der Waals surface area (Å²) in [5.41, 5.74) is 2.13. The molecule has 0 spiro atoms. The highest BCUT2D eigenvalue weighted by atomic mass is 32.1. The molecule has 2 aliphatic rings. The highest BCUT2D eigenvalue weighted by Gasteiger charge is 2.48. The Balaban J connectivity index is 1.64. The molecule has 1 fully saturated rings. The molecular weight excluding hydrogens is 508 g/mol. The Labute approximate surface area is 222 Å². The van der Waals surface area contributed by atoms with Crippen LogP contribution in [0.1, 0.15) is 38.1 Å². The Morgan fingerprint density at radius 3 is 2.58 bits per heavy atom. The lowest BCUT2D eigenvalue weighted by Crippen LogP contribution is -2.29. The number of Topliss-reactive ketones (excluding diaryl/α,β-unsaturated/α-hetero) is 1. The minimum atomic E-state index is -0.980. The van der Waals surface area contributed by atoms with Crippen molar-refractivity contribution in [1.82, 2.24) is 4.98 Å². The minimum absolute atomic E-state index is 0.0227. The second kappa shape index (κ2) is 10.1. The van der Waals surface area contributed by atoms with Crippen molar-refractivity contribution in [2.75, 3.05) is 24.7 Å². The number of anilines is 1. The molecule has 1 aromatic heterocycles. The van der Waals surface area contributed by atoms with E-state index in [0.29, 0.717) is 41.5 Å². The summed E-state index contributed by atoms with van der Waals surface area (Å²) in [5.74, 6) is -1.74. The van der Waals surface area contributed by atoms with Crippen LogP contribution in [0.2, 0.25) is 0 Å². The van der Waals surface area contributed by atoms with Crippen LogP contribution in [0.4, 0.5) is 5.13 Å². The maximum absolute atomic E-state index is 13.4. The number of hydrogen-bond donors (Lipinski definition) is 1. The third-order valence-corrected chi connectivity index (χ3v) is 7.30. The number of aromatic nitrogens is 1. The number of amides is 1. The molecular formula is C28H24N2O7S. The number of nitrogens with zero attached hydrogens (tertiary/aromatic N) is 2. The number of carbonyl (C=O) groups is 3. The van der Waals surface area contributed by atoms with Crippen LogP contribution in [-0.4, -0.2) is 47.6 Å². The van der Waals surface area contributed by atoms with Gasteiger partial charge in [0.15, 0.2) is 16.6 Å². The third-order valence-electron chi connectivity index (χ3n) is 6.16. The lowest BCUT2D eigenvalue weighted by Gasteiger charge is -2.23. The summed E-state index contributed by atoms with van der Waals surface area (Å²) in [6.07, 6.45) is 1.45. The minimum Gasteiger partial charge on any atom is -0.507 e. The first-order chi connectivity index (χ1) is 18.3. The van der Waals surface area contributed by atoms with Gasteiger partial charge in [0.25, 0.3) is 5.78 Å². The standard InChI is InChI=1S/C28H24N2O7S/c1-4-11-37-27(34)25-16(3)29-28(38-25)30-22(17-7-5-15(2)6-8-17)21(24(32)26(30)33)23(31)18-9-10-19-20(14-18)36-13-12-35-19/h4-10,14,22,31H,1,11-13H2,2-3H3/b23-21+. The van der Waals surface area contributed by atoms with E-state index in [-0.39, 0.29) is 27.9 Å². The van der Waals surface area contributed by atoms with Gasteiger partial charge in [0.2, 0.25) is 0 Å². The van der Waals surface area contributed by atoms with Crippen LogP contribution in [0.5, 0.6) is 11.5 Å². The number of carbonyl (C=O) groups excluding carboxylic acids is 3. The zero-order chi connectivity index (χ0) is 27.0. The Bertz CT molecular complexity index is 1490. The van der Waals surface area contributed by atoms with Gasteiger partial charge in [0, 0.05) is 5.56 Å². The van der Waals surface area contributed by atoms with Crippen LogP contribution >= 0.6 is 11.3 Å². The Hall–Kier alpha value is -4.44. The second-order valence-corrected chi connectivity index (χ2v) is 9.71.